The topological polar surface area (TPSA) is 138 Å². The summed E-state index contributed by atoms with van der Waals surface area (Å²) in [6, 6.07) is 12.5. The molecule has 0 saturated carbocycles. The number of amides is 1. The Morgan fingerprint density at radius 2 is 1.74 bits per heavy atom. The summed E-state index contributed by atoms with van der Waals surface area (Å²) in [5.74, 6) is -3.30. The van der Waals surface area contributed by atoms with Crippen molar-refractivity contribution in [1.29, 1.82) is 0 Å². The van der Waals surface area contributed by atoms with Gasteiger partial charge in [-0.2, -0.15) is 0 Å². The van der Waals surface area contributed by atoms with Crippen molar-refractivity contribution in [1.82, 2.24) is 9.88 Å². The first-order valence-corrected chi connectivity index (χ1v) is 15.6. The van der Waals surface area contributed by atoms with Crippen molar-refractivity contribution in [3.05, 3.63) is 58.6 Å². The Hall–Kier alpha value is -3.54. The highest BCUT2D eigenvalue weighted by Gasteiger charge is 2.37. The van der Waals surface area contributed by atoms with Gasteiger partial charge in [-0.3, -0.25) is 4.79 Å². The van der Waals surface area contributed by atoms with Gasteiger partial charge in [-0.1, -0.05) is 30.7 Å². The highest BCUT2D eigenvalue weighted by molar-refractivity contribution is 7.16. The van der Waals surface area contributed by atoms with Crippen LogP contribution in [0.25, 0.3) is 10.2 Å². The highest BCUT2D eigenvalue weighted by Crippen LogP contribution is 2.25. The van der Waals surface area contributed by atoms with Crippen LogP contribution in [0.15, 0.2) is 41.9 Å². The number of anilines is 1. The van der Waals surface area contributed by atoms with E-state index in [0.29, 0.717) is 19.4 Å². The molecule has 2 atom stereocenters. The minimum Gasteiger partial charge on any atom is -0.480 e. The van der Waals surface area contributed by atoms with Gasteiger partial charge in [0.25, 0.3) is 5.91 Å². The number of para-hydroxylation sites is 1. The van der Waals surface area contributed by atoms with Crippen molar-refractivity contribution in [3.8, 4) is 0 Å². The summed E-state index contributed by atoms with van der Waals surface area (Å²) >= 11 is 1.60. The summed E-state index contributed by atoms with van der Waals surface area (Å²) in [6.45, 7) is 4.66. The number of aryl methyl sites for hydroxylation is 3. The number of thiazole rings is 1. The van der Waals surface area contributed by atoms with Crippen LogP contribution in [0.1, 0.15) is 55.2 Å². The summed E-state index contributed by atoms with van der Waals surface area (Å²) in [5, 5.41) is 22.2. The third kappa shape index (κ3) is 10.9. The van der Waals surface area contributed by atoms with Gasteiger partial charge in [0, 0.05) is 26.7 Å². The maximum atomic E-state index is 13.3. The van der Waals surface area contributed by atoms with Gasteiger partial charge in [-0.15, -0.1) is 11.3 Å². The number of carbonyl (C=O) groups is 3. The predicted octanol–water partition coefficient (Wildman–Crippen LogP) is 5.31. The maximum absolute atomic E-state index is 13.3. The van der Waals surface area contributed by atoms with Crippen molar-refractivity contribution in [2.75, 3.05) is 38.7 Å². The summed E-state index contributed by atoms with van der Waals surface area (Å²) in [6.07, 6.45) is 2.59. The lowest BCUT2D eigenvalue weighted by Crippen LogP contribution is -2.50. The van der Waals surface area contributed by atoms with E-state index in [2.05, 4.69) is 42.3 Å². The smallest absolute Gasteiger partial charge is 0.336 e. The number of carboxylic acids is 2. The Kier molecular flexibility index (Phi) is 13.9. The minimum atomic E-state index is -1.72. The average Bonchev–Trinajstić information content (AvgIpc) is 3.46. The number of hydrogen-bond acceptors (Lipinski definition) is 8. The molecule has 3 aromatic rings. The van der Waals surface area contributed by atoms with E-state index in [1.54, 1.807) is 18.4 Å². The monoisotopic (exact) mass is 613 g/mol. The molecule has 1 aromatic heterocycles. The number of ether oxygens (including phenoxy) is 2. The number of carboxylic acid groups (broad SMARTS) is 2. The molecule has 0 spiro atoms. The van der Waals surface area contributed by atoms with E-state index in [1.165, 1.54) is 21.6 Å². The Balaban J connectivity index is 1.45. The summed E-state index contributed by atoms with van der Waals surface area (Å²) in [4.78, 5) is 42.1. The number of aliphatic carboxylic acids is 2. The molecule has 1 amide bonds. The molecule has 10 nitrogen and oxygen atoms in total. The number of aromatic nitrogens is 1. The molecule has 0 saturated heterocycles. The van der Waals surface area contributed by atoms with Gasteiger partial charge in [0.05, 0.1) is 15.9 Å². The normalized spacial score (nSPS) is 12.6. The zero-order valence-corrected chi connectivity index (χ0v) is 26.0. The van der Waals surface area contributed by atoms with Gasteiger partial charge in [0.15, 0.2) is 12.2 Å². The Morgan fingerprint density at radius 1 is 0.953 bits per heavy atom. The molecule has 1 heterocycles. The zero-order chi connectivity index (χ0) is 31.2. The van der Waals surface area contributed by atoms with Crippen LogP contribution in [0.5, 0.6) is 0 Å². The molecule has 0 aliphatic heterocycles. The number of rotatable bonds is 20. The van der Waals surface area contributed by atoms with Crippen LogP contribution >= 0.6 is 11.3 Å². The second-order valence-corrected chi connectivity index (χ2v) is 11.6. The molecule has 11 heteroatoms. The molecule has 0 fully saturated rings. The molecule has 0 aliphatic rings. The van der Waals surface area contributed by atoms with E-state index in [0.717, 1.165) is 54.6 Å². The molecule has 0 aliphatic carbocycles. The SMILES string of the molecule is Cc1ccc(CCCCCOC(C(=O)N(C)CCCCCNc2cccc3scnc23)C(OCC(=O)O)C(=O)O)cc1C. The van der Waals surface area contributed by atoms with Gasteiger partial charge in [0.2, 0.25) is 0 Å². The molecular formula is C32H43N3O7S. The lowest BCUT2D eigenvalue weighted by atomic mass is 10.0. The van der Waals surface area contributed by atoms with Gasteiger partial charge >= 0.3 is 11.9 Å². The lowest BCUT2D eigenvalue weighted by Gasteiger charge is -2.27. The van der Waals surface area contributed by atoms with Crippen molar-refractivity contribution in [2.45, 2.75) is 71.0 Å². The number of nitrogens with one attached hydrogen (secondary N) is 1. The molecule has 0 bridgehead atoms. The number of nitrogens with zero attached hydrogens (tertiary/aromatic N) is 2. The number of benzene rings is 2. The molecule has 43 heavy (non-hydrogen) atoms. The van der Waals surface area contributed by atoms with Crippen LogP contribution in [-0.2, 0) is 30.3 Å². The molecule has 0 radical (unpaired) electrons. The van der Waals surface area contributed by atoms with E-state index in [4.69, 9.17) is 14.6 Å². The minimum absolute atomic E-state index is 0.162. The maximum Gasteiger partial charge on any atom is 0.336 e. The van der Waals surface area contributed by atoms with Crippen molar-refractivity contribution in [2.24, 2.45) is 0 Å². The van der Waals surface area contributed by atoms with E-state index < -0.39 is 36.7 Å². The van der Waals surface area contributed by atoms with Crippen molar-refractivity contribution < 1.29 is 34.1 Å². The van der Waals surface area contributed by atoms with Crippen LogP contribution in [-0.4, -0.2) is 83.5 Å². The van der Waals surface area contributed by atoms with Crippen LogP contribution in [0, 0.1) is 13.8 Å². The Labute approximate surface area is 257 Å². The number of fused-ring (bicyclic) bond motifs is 1. The lowest BCUT2D eigenvalue weighted by molar-refractivity contribution is -0.175. The molecule has 234 valence electrons. The molecule has 2 aromatic carbocycles. The first kappa shape index (κ1) is 34.0. The van der Waals surface area contributed by atoms with Gasteiger partial charge in [-0.05, 0) is 81.2 Å². The number of carbonyl (C=O) groups excluding carboxylic acids is 1. The van der Waals surface area contributed by atoms with Crippen LogP contribution in [0.4, 0.5) is 5.69 Å². The summed E-state index contributed by atoms with van der Waals surface area (Å²) in [7, 11) is 1.60. The number of likely N-dealkylation sites (N-methyl/N-ethyl adjacent to an activating group) is 1. The quantitative estimate of drug-likeness (QED) is 0.145. The third-order valence-corrected chi connectivity index (χ3v) is 8.14. The molecule has 3 rings (SSSR count). The fourth-order valence-corrected chi connectivity index (χ4v) is 5.45. The molecular weight excluding hydrogens is 570 g/mol. The van der Waals surface area contributed by atoms with E-state index in [9.17, 15) is 19.5 Å². The van der Waals surface area contributed by atoms with E-state index >= 15 is 0 Å². The van der Waals surface area contributed by atoms with Crippen molar-refractivity contribution >= 4 is 45.1 Å². The van der Waals surface area contributed by atoms with Gasteiger partial charge in [0.1, 0.15) is 12.1 Å². The largest absolute Gasteiger partial charge is 0.480 e. The fraction of sp³-hybridized carbons (Fsp3) is 0.500. The van der Waals surface area contributed by atoms with Crippen LogP contribution < -0.4 is 5.32 Å². The number of hydrogen-bond donors (Lipinski definition) is 3. The molecule has 2 unspecified atom stereocenters. The third-order valence-electron chi connectivity index (χ3n) is 7.35. The second kappa shape index (κ2) is 17.5. The van der Waals surface area contributed by atoms with Crippen molar-refractivity contribution in [3.63, 3.8) is 0 Å². The first-order chi connectivity index (χ1) is 20.7. The second-order valence-electron chi connectivity index (χ2n) is 10.7. The van der Waals surface area contributed by atoms with Crippen LogP contribution in [0.3, 0.4) is 0 Å². The standard InChI is InChI=1S/C32H43N3O7S/c1-22-14-15-24(19-23(22)2)11-6-4-9-18-41-29(30(32(39)40)42-20-27(36)37)31(38)35(3)17-8-5-7-16-33-25-12-10-13-26-28(25)34-21-43-26/h10,12-15,19,21,29-30,33H,4-9,11,16-18,20H2,1-3H3,(H,36,37)(H,39,40). The van der Waals surface area contributed by atoms with E-state index in [1.807, 2.05) is 23.7 Å². The first-order valence-electron chi connectivity index (χ1n) is 14.7. The van der Waals surface area contributed by atoms with E-state index in [-0.39, 0.29) is 6.61 Å². The predicted molar refractivity (Wildman–Crippen MR) is 168 cm³/mol. The van der Waals surface area contributed by atoms with Gasteiger partial charge in [-0.25, -0.2) is 14.6 Å². The highest BCUT2D eigenvalue weighted by atomic mass is 32.1. The number of unbranched alkanes of at least 4 members (excludes halogenated alkanes) is 4. The summed E-state index contributed by atoms with van der Waals surface area (Å²) in [5.41, 5.74) is 7.57. The molecule has 3 N–H and O–H groups in total. The zero-order valence-electron chi connectivity index (χ0n) is 25.2. The van der Waals surface area contributed by atoms with Gasteiger partial charge < -0.3 is 29.9 Å². The Bertz CT molecular complexity index is 1350. The average molecular weight is 614 g/mol. The van der Waals surface area contributed by atoms with Crippen LogP contribution in [0.2, 0.25) is 0 Å². The fourth-order valence-electron chi connectivity index (χ4n) is 4.75. The summed E-state index contributed by atoms with van der Waals surface area (Å²) < 4.78 is 12.0. The Morgan fingerprint density at radius 3 is 2.49 bits per heavy atom.